The van der Waals surface area contributed by atoms with Crippen molar-refractivity contribution < 1.29 is 9.50 Å². The normalized spacial score (nSPS) is 12.8. The lowest BCUT2D eigenvalue weighted by atomic mass is 10.0. The first-order chi connectivity index (χ1) is 7.15. The Bertz CT molecular complexity index is 314. The molecular formula is C12H16ClFO. The van der Waals surface area contributed by atoms with Crippen molar-refractivity contribution in [3.05, 3.63) is 34.6 Å². The van der Waals surface area contributed by atoms with Gasteiger partial charge in [-0.1, -0.05) is 43.9 Å². The lowest BCUT2D eigenvalue weighted by Gasteiger charge is -2.10. The summed E-state index contributed by atoms with van der Waals surface area (Å²) in [5, 5.41) is 9.85. The quantitative estimate of drug-likeness (QED) is 0.756. The zero-order valence-electron chi connectivity index (χ0n) is 8.84. The predicted molar refractivity (Wildman–Crippen MR) is 60.5 cm³/mol. The predicted octanol–water partition coefficient (Wildman–Crippen LogP) is 4.09. The zero-order valence-corrected chi connectivity index (χ0v) is 9.60. The van der Waals surface area contributed by atoms with Crippen molar-refractivity contribution >= 4 is 11.6 Å². The number of aliphatic hydroxyl groups excluding tert-OH is 1. The SMILES string of the molecule is CCCCCC(O)c1ccc(Cl)c(F)c1. The first-order valence-electron chi connectivity index (χ1n) is 5.28. The van der Waals surface area contributed by atoms with Gasteiger partial charge in [-0.15, -0.1) is 0 Å². The standard InChI is InChI=1S/C12H16ClFO/c1-2-3-4-5-12(15)9-6-7-10(13)11(14)8-9/h6-8,12,15H,2-5H2,1H3. The minimum Gasteiger partial charge on any atom is -0.388 e. The van der Waals surface area contributed by atoms with Gasteiger partial charge in [0.25, 0.3) is 0 Å². The highest BCUT2D eigenvalue weighted by Gasteiger charge is 2.09. The van der Waals surface area contributed by atoms with Crippen LogP contribution in [0, 0.1) is 5.82 Å². The van der Waals surface area contributed by atoms with Crippen LogP contribution in [0.1, 0.15) is 44.3 Å². The Labute approximate surface area is 94.9 Å². The van der Waals surface area contributed by atoms with Crippen LogP contribution < -0.4 is 0 Å². The van der Waals surface area contributed by atoms with Crippen LogP contribution in [0.5, 0.6) is 0 Å². The van der Waals surface area contributed by atoms with E-state index in [1.165, 1.54) is 12.1 Å². The van der Waals surface area contributed by atoms with Crippen molar-refractivity contribution in [2.24, 2.45) is 0 Å². The number of halogens is 2. The molecule has 0 aromatic heterocycles. The van der Waals surface area contributed by atoms with E-state index in [1.807, 2.05) is 0 Å². The summed E-state index contributed by atoms with van der Waals surface area (Å²) in [6.45, 7) is 2.11. The topological polar surface area (TPSA) is 20.2 Å². The summed E-state index contributed by atoms with van der Waals surface area (Å²) in [4.78, 5) is 0. The number of benzene rings is 1. The maximum absolute atomic E-state index is 13.1. The third-order valence-corrected chi connectivity index (χ3v) is 2.72. The van der Waals surface area contributed by atoms with Crippen LogP contribution in [-0.2, 0) is 0 Å². The van der Waals surface area contributed by atoms with Crippen molar-refractivity contribution in [3.8, 4) is 0 Å². The second kappa shape index (κ2) is 6.09. The minimum absolute atomic E-state index is 0.0968. The lowest BCUT2D eigenvalue weighted by molar-refractivity contribution is 0.163. The fourth-order valence-corrected chi connectivity index (χ4v) is 1.59. The van der Waals surface area contributed by atoms with Crippen LogP contribution in [0.4, 0.5) is 4.39 Å². The Morgan fingerprint density at radius 2 is 2.13 bits per heavy atom. The molecule has 0 saturated heterocycles. The minimum atomic E-state index is -0.580. The van der Waals surface area contributed by atoms with Crippen molar-refractivity contribution in [1.82, 2.24) is 0 Å². The smallest absolute Gasteiger partial charge is 0.142 e. The van der Waals surface area contributed by atoms with Crippen LogP contribution >= 0.6 is 11.6 Å². The molecule has 0 aliphatic heterocycles. The zero-order chi connectivity index (χ0) is 11.3. The van der Waals surface area contributed by atoms with Crippen molar-refractivity contribution in [2.75, 3.05) is 0 Å². The molecule has 0 spiro atoms. The summed E-state index contributed by atoms with van der Waals surface area (Å²) < 4.78 is 13.1. The van der Waals surface area contributed by atoms with Gasteiger partial charge >= 0.3 is 0 Å². The van der Waals surface area contributed by atoms with Crippen molar-refractivity contribution in [3.63, 3.8) is 0 Å². The van der Waals surface area contributed by atoms with E-state index in [4.69, 9.17) is 11.6 Å². The van der Waals surface area contributed by atoms with E-state index in [2.05, 4.69) is 6.92 Å². The molecule has 0 saturated carbocycles. The first kappa shape index (κ1) is 12.5. The number of hydrogen-bond donors (Lipinski definition) is 1. The Morgan fingerprint density at radius 1 is 1.40 bits per heavy atom. The fraction of sp³-hybridized carbons (Fsp3) is 0.500. The molecule has 1 unspecified atom stereocenters. The molecule has 1 rings (SSSR count). The van der Waals surface area contributed by atoms with Gasteiger partial charge in [0.1, 0.15) is 5.82 Å². The molecule has 0 aliphatic carbocycles. The number of rotatable bonds is 5. The van der Waals surface area contributed by atoms with Crippen molar-refractivity contribution in [1.29, 1.82) is 0 Å². The van der Waals surface area contributed by atoms with E-state index < -0.39 is 11.9 Å². The van der Waals surface area contributed by atoms with Gasteiger partial charge in [-0.05, 0) is 24.1 Å². The van der Waals surface area contributed by atoms with E-state index in [0.717, 1.165) is 19.3 Å². The van der Waals surface area contributed by atoms with Crippen LogP contribution in [0.2, 0.25) is 5.02 Å². The first-order valence-corrected chi connectivity index (χ1v) is 5.66. The maximum Gasteiger partial charge on any atom is 0.142 e. The molecule has 15 heavy (non-hydrogen) atoms. The van der Waals surface area contributed by atoms with E-state index in [1.54, 1.807) is 6.07 Å². The molecule has 3 heteroatoms. The van der Waals surface area contributed by atoms with E-state index >= 15 is 0 Å². The summed E-state index contributed by atoms with van der Waals surface area (Å²) in [5.74, 6) is -0.469. The van der Waals surface area contributed by atoms with Gasteiger partial charge in [-0.2, -0.15) is 0 Å². The molecule has 0 bridgehead atoms. The highest BCUT2D eigenvalue weighted by molar-refractivity contribution is 6.30. The average molecular weight is 231 g/mol. The van der Waals surface area contributed by atoms with E-state index in [-0.39, 0.29) is 5.02 Å². The molecule has 0 heterocycles. The van der Waals surface area contributed by atoms with E-state index in [0.29, 0.717) is 12.0 Å². The Kier molecular flexibility index (Phi) is 5.06. The lowest BCUT2D eigenvalue weighted by Crippen LogP contribution is -1.98. The Hall–Kier alpha value is -0.600. The summed E-state index contributed by atoms with van der Waals surface area (Å²) in [6, 6.07) is 4.45. The molecule has 0 aliphatic rings. The monoisotopic (exact) mass is 230 g/mol. The maximum atomic E-state index is 13.1. The van der Waals surface area contributed by atoms with Gasteiger partial charge in [-0.25, -0.2) is 4.39 Å². The second-order valence-corrected chi connectivity index (χ2v) is 4.09. The molecule has 0 fully saturated rings. The van der Waals surface area contributed by atoms with E-state index in [9.17, 15) is 9.50 Å². The second-order valence-electron chi connectivity index (χ2n) is 3.69. The Morgan fingerprint density at radius 3 is 2.73 bits per heavy atom. The largest absolute Gasteiger partial charge is 0.388 e. The molecule has 1 aromatic carbocycles. The number of unbranched alkanes of at least 4 members (excludes halogenated alkanes) is 2. The fourth-order valence-electron chi connectivity index (χ4n) is 1.47. The van der Waals surface area contributed by atoms with Gasteiger partial charge in [0.05, 0.1) is 11.1 Å². The summed E-state index contributed by atoms with van der Waals surface area (Å²) in [6.07, 6.45) is 3.26. The average Bonchev–Trinajstić information content (AvgIpc) is 2.22. The van der Waals surface area contributed by atoms with Crippen LogP contribution in [0.25, 0.3) is 0 Å². The molecule has 1 N–H and O–H groups in total. The highest BCUT2D eigenvalue weighted by atomic mass is 35.5. The summed E-state index contributed by atoms with van der Waals surface area (Å²) >= 11 is 5.56. The van der Waals surface area contributed by atoms with Gasteiger partial charge in [0, 0.05) is 0 Å². The van der Waals surface area contributed by atoms with Gasteiger partial charge in [-0.3, -0.25) is 0 Å². The molecule has 0 radical (unpaired) electrons. The van der Waals surface area contributed by atoms with Gasteiger partial charge in [0.2, 0.25) is 0 Å². The highest BCUT2D eigenvalue weighted by Crippen LogP contribution is 2.23. The summed E-state index contributed by atoms with van der Waals surface area (Å²) in [5.41, 5.74) is 0.605. The van der Waals surface area contributed by atoms with Crippen LogP contribution in [-0.4, -0.2) is 5.11 Å². The number of hydrogen-bond acceptors (Lipinski definition) is 1. The van der Waals surface area contributed by atoms with Crippen molar-refractivity contribution in [2.45, 2.75) is 38.7 Å². The molecule has 84 valence electrons. The number of aliphatic hydroxyl groups is 1. The third kappa shape index (κ3) is 3.80. The summed E-state index contributed by atoms with van der Waals surface area (Å²) in [7, 11) is 0. The molecule has 1 aromatic rings. The molecule has 1 nitrogen and oxygen atoms in total. The Balaban J connectivity index is 2.57. The van der Waals surface area contributed by atoms with Gasteiger partial charge in [0.15, 0.2) is 0 Å². The molecule has 1 atom stereocenters. The van der Waals surface area contributed by atoms with Crippen LogP contribution in [0.15, 0.2) is 18.2 Å². The van der Waals surface area contributed by atoms with Gasteiger partial charge < -0.3 is 5.11 Å². The van der Waals surface area contributed by atoms with Crippen LogP contribution in [0.3, 0.4) is 0 Å². The third-order valence-electron chi connectivity index (χ3n) is 2.41. The molecular weight excluding hydrogens is 215 g/mol. The molecule has 0 amide bonds.